The van der Waals surface area contributed by atoms with Gasteiger partial charge in [0.1, 0.15) is 12.0 Å². The van der Waals surface area contributed by atoms with E-state index >= 15 is 0 Å². The number of hydrogen-bond acceptors (Lipinski definition) is 3. The summed E-state index contributed by atoms with van der Waals surface area (Å²) >= 11 is 0. The molecular formula is C19H20NO4. The van der Waals surface area contributed by atoms with Crippen LogP contribution in [0.1, 0.15) is 12.8 Å². The maximum Gasteiger partial charge on any atom is 0.304 e. The number of carboxylic acids is 1. The van der Waals surface area contributed by atoms with Crippen LogP contribution in [-0.4, -0.2) is 36.6 Å². The van der Waals surface area contributed by atoms with Crippen LogP contribution in [0.2, 0.25) is 0 Å². The molecule has 5 heteroatoms. The summed E-state index contributed by atoms with van der Waals surface area (Å²) in [7, 11) is 0. The van der Waals surface area contributed by atoms with Gasteiger partial charge in [-0.25, -0.2) is 5.32 Å². The summed E-state index contributed by atoms with van der Waals surface area (Å²) in [6, 6.07) is 17.3. The highest BCUT2D eigenvalue weighted by molar-refractivity contribution is 5.67. The Balaban J connectivity index is 1.77. The fraction of sp³-hybridized carbons (Fsp3) is 0.263. The lowest BCUT2D eigenvalue weighted by molar-refractivity contribution is -0.137. The SMILES string of the molecule is O=C[C@@H](CCOc1ccc(-c2ccccc2)cc1)[N]CCC(=O)O. The molecule has 0 saturated carbocycles. The number of carbonyl (C=O) groups is 2. The van der Waals surface area contributed by atoms with Crippen LogP contribution < -0.4 is 10.1 Å². The van der Waals surface area contributed by atoms with Crippen molar-refractivity contribution in [3.8, 4) is 16.9 Å². The van der Waals surface area contributed by atoms with Crippen LogP contribution >= 0.6 is 0 Å². The van der Waals surface area contributed by atoms with Gasteiger partial charge in [0.2, 0.25) is 0 Å². The Morgan fingerprint density at radius 1 is 1.08 bits per heavy atom. The lowest BCUT2D eigenvalue weighted by atomic mass is 10.1. The number of nitrogens with zero attached hydrogens (tertiary/aromatic N) is 1. The van der Waals surface area contributed by atoms with Crippen molar-refractivity contribution in [3.63, 3.8) is 0 Å². The fourth-order valence-electron chi connectivity index (χ4n) is 2.20. The minimum absolute atomic E-state index is 0.0633. The van der Waals surface area contributed by atoms with Gasteiger partial charge in [-0.1, -0.05) is 42.5 Å². The van der Waals surface area contributed by atoms with Gasteiger partial charge in [-0.15, -0.1) is 0 Å². The molecular weight excluding hydrogens is 306 g/mol. The zero-order valence-electron chi connectivity index (χ0n) is 13.3. The summed E-state index contributed by atoms with van der Waals surface area (Å²) in [5, 5.41) is 12.6. The first-order valence-electron chi connectivity index (χ1n) is 7.81. The molecule has 0 spiro atoms. The number of aliphatic carboxylic acids is 1. The molecule has 0 fully saturated rings. The third-order valence-corrected chi connectivity index (χ3v) is 3.49. The molecule has 1 N–H and O–H groups in total. The first-order valence-corrected chi connectivity index (χ1v) is 7.81. The van der Waals surface area contributed by atoms with E-state index in [0.29, 0.717) is 13.0 Å². The maximum atomic E-state index is 10.9. The lowest BCUT2D eigenvalue weighted by Gasteiger charge is -2.11. The van der Waals surface area contributed by atoms with Crippen molar-refractivity contribution in [2.24, 2.45) is 0 Å². The van der Waals surface area contributed by atoms with E-state index in [0.717, 1.165) is 23.2 Å². The molecule has 0 aliphatic rings. The van der Waals surface area contributed by atoms with Crippen LogP contribution in [0.3, 0.4) is 0 Å². The molecule has 0 aromatic heterocycles. The molecule has 0 bridgehead atoms. The summed E-state index contributed by atoms with van der Waals surface area (Å²) in [6.07, 6.45) is 1.10. The zero-order valence-corrected chi connectivity index (χ0v) is 13.3. The monoisotopic (exact) mass is 326 g/mol. The van der Waals surface area contributed by atoms with Gasteiger partial charge in [-0.3, -0.25) is 4.79 Å². The molecule has 2 aromatic rings. The predicted octanol–water partition coefficient (Wildman–Crippen LogP) is 2.77. The number of carboxylic acid groups (broad SMARTS) is 1. The topological polar surface area (TPSA) is 77.7 Å². The summed E-state index contributed by atoms with van der Waals surface area (Å²) in [5.41, 5.74) is 2.25. The maximum absolute atomic E-state index is 10.9. The summed E-state index contributed by atoms with van der Waals surface area (Å²) < 4.78 is 5.62. The van der Waals surface area contributed by atoms with Crippen LogP contribution in [0.5, 0.6) is 5.75 Å². The van der Waals surface area contributed by atoms with Crippen molar-refractivity contribution >= 4 is 12.3 Å². The van der Waals surface area contributed by atoms with Crippen molar-refractivity contribution in [1.82, 2.24) is 5.32 Å². The molecule has 5 nitrogen and oxygen atoms in total. The van der Waals surface area contributed by atoms with E-state index in [4.69, 9.17) is 9.84 Å². The van der Waals surface area contributed by atoms with E-state index < -0.39 is 12.0 Å². The smallest absolute Gasteiger partial charge is 0.304 e. The molecule has 0 aliphatic carbocycles. The Hall–Kier alpha value is -2.66. The molecule has 1 radical (unpaired) electrons. The highest BCUT2D eigenvalue weighted by Crippen LogP contribution is 2.22. The van der Waals surface area contributed by atoms with Gasteiger partial charge >= 0.3 is 5.97 Å². The fourth-order valence-corrected chi connectivity index (χ4v) is 2.20. The quantitative estimate of drug-likeness (QED) is 0.681. The molecule has 1 atom stereocenters. The molecule has 0 unspecified atom stereocenters. The van der Waals surface area contributed by atoms with Crippen molar-refractivity contribution in [2.45, 2.75) is 18.9 Å². The van der Waals surface area contributed by atoms with Crippen molar-refractivity contribution < 1.29 is 19.4 Å². The van der Waals surface area contributed by atoms with Crippen molar-refractivity contribution in [1.29, 1.82) is 0 Å². The van der Waals surface area contributed by atoms with Crippen LogP contribution in [0, 0.1) is 0 Å². The average Bonchev–Trinajstić information content (AvgIpc) is 2.61. The highest BCUT2D eigenvalue weighted by Gasteiger charge is 2.09. The van der Waals surface area contributed by atoms with Gasteiger partial charge in [0.05, 0.1) is 19.1 Å². The third kappa shape index (κ3) is 5.85. The molecule has 2 aromatic carbocycles. The first-order chi connectivity index (χ1) is 11.7. The Labute approximate surface area is 141 Å². The van der Waals surface area contributed by atoms with E-state index in [-0.39, 0.29) is 13.0 Å². The number of ether oxygens (including phenoxy) is 1. The average molecular weight is 326 g/mol. The largest absolute Gasteiger partial charge is 0.494 e. The van der Waals surface area contributed by atoms with E-state index in [1.807, 2.05) is 54.6 Å². The molecule has 0 saturated heterocycles. The van der Waals surface area contributed by atoms with E-state index in [1.165, 1.54) is 0 Å². The van der Waals surface area contributed by atoms with E-state index in [2.05, 4.69) is 5.32 Å². The lowest BCUT2D eigenvalue weighted by Crippen LogP contribution is -2.27. The van der Waals surface area contributed by atoms with Crippen LogP contribution in [0.4, 0.5) is 0 Å². The minimum atomic E-state index is -0.918. The van der Waals surface area contributed by atoms with E-state index in [1.54, 1.807) is 0 Å². The summed E-state index contributed by atoms with van der Waals surface area (Å²) in [4.78, 5) is 21.4. The van der Waals surface area contributed by atoms with Crippen molar-refractivity contribution in [3.05, 3.63) is 54.6 Å². The molecule has 0 amide bonds. The molecule has 125 valence electrons. The predicted molar refractivity (Wildman–Crippen MR) is 91.1 cm³/mol. The van der Waals surface area contributed by atoms with Gasteiger partial charge in [0.15, 0.2) is 0 Å². The summed E-state index contributed by atoms with van der Waals surface area (Å²) in [5.74, 6) is -0.192. The number of carbonyl (C=O) groups excluding carboxylic acids is 1. The second kappa shape index (κ2) is 9.47. The first kappa shape index (κ1) is 17.7. The number of hydrogen-bond donors (Lipinski definition) is 1. The highest BCUT2D eigenvalue weighted by atomic mass is 16.5. The van der Waals surface area contributed by atoms with Gasteiger partial charge < -0.3 is 14.6 Å². The molecule has 2 rings (SSSR count). The Bertz CT molecular complexity index is 640. The van der Waals surface area contributed by atoms with Crippen LogP contribution in [-0.2, 0) is 9.59 Å². The normalized spacial score (nSPS) is 11.7. The second-order valence-electron chi connectivity index (χ2n) is 5.28. The molecule has 0 aliphatic heterocycles. The minimum Gasteiger partial charge on any atom is -0.494 e. The van der Waals surface area contributed by atoms with Crippen molar-refractivity contribution in [2.75, 3.05) is 13.2 Å². The molecule has 24 heavy (non-hydrogen) atoms. The van der Waals surface area contributed by atoms with Gasteiger partial charge in [0.25, 0.3) is 0 Å². The third-order valence-electron chi connectivity index (χ3n) is 3.49. The molecule has 0 heterocycles. The van der Waals surface area contributed by atoms with Crippen LogP contribution in [0.25, 0.3) is 11.1 Å². The second-order valence-corrected chi connectivity index (χ2v) is 5.28. The van der Waals surface area contributed by atoms with E-state index in [9.17, 15) is 9.59 Å². The number of rotatable bonds is 10. The Morgan fingerprint density at radius 3 is 2.38 bits per heavy atom. The number of aldehydes is 1. The Kier molecular flexibility index (Phi) is 6.98. The zero-order chi connectivity index (χ0) is 17.2. The van der Waals surface area contributed by atoms with Gasteiger partial charge in [-0.05, 0) is 23.3 Å². The van der Waals surface area contributed by atoms with Gasteiger partial charge in [-0.2, -0.15) is 0 Å². The van der Waals surface area contributed by atoms with Gasteiger partial charge in [0, 0.05) is 13.0 Å². The van der Waals surface area contributed by atoms with Crippen LogP contribution in [0.15, 0.2) is 54.6 Å². The number of benzene rings is 2. The Morgan fingerprint density at radius 2 is 1.75 bits per heavy atom. The summed E-state index contributed by atoms with van der Waals surface area (Å²) in [6.45, 7) is 0.495. The standard InChI is InChI=1S/C19H20NO4/c21-14-17(20-12-10-19(22)23)11-13-24-18-8-6-16(7-9-18)15-4-2-1-3-5-15/h1-9,14,17H,10-13H2,(H,22,23)/t17-/m1/s1.